The normalized spacial score (nSPS) is 9.88. The van der Waals surface area contributed by atoms with E-state index in [1.807, 2.05) is 12.1 Å². The highest BCUT2D eigenvalue weighted by atomic mass is 16.5. The number of hydrogen-bond donors (Lipinski definition) is 1. The van der Waals surface area contributed by atoms with E-state index in [9.17, 15) is 4.79 Å². The Morgan fingerprint density at radius 1 is 1.12 bits per heavy atom. The van der Waals surface area contributed by atoms with Crippen molar-refractivity contribution in [2.45, 2.75) is 6.61 Å². The number of carbonyl (C=O) groups excluding carboxylic acids is 1. The van der Waals surface area contributed by atoms with Crippen molar-refractivity contribution < 1.29 is 9.53 Å². The van der Waals surface area contributed by atoms with Crippen molar-refractivity contribution in [2.24, 2.45) is 0 Å². The van der Waals surface area contributed by atoms with E-state index in [1.165, 1.54) is 0 Å². The third-order valence-corrected chi connectivity index (χ3v) is 2.30. The van der Waals surface area contributed by atoms with Crippen molar-refractivity contribution in [2.75, 3.05) is 5.73 Å². The molecule has 17 heavy (non-hydrogen) atoms. The van der Waals surface area contributed by atoms with Crippen LogP contribution in [0.2, 0.25) is 0 Å². The number of nitrogen functional groups attached to an aromatic ring is 1. The van der Waals surface area contributed by atoms with E-state index < -0.39 is 0 Å². The summed E-state index contributed by atoms with van der Waals surface area (Å²) in [5.41, 5.74) is 7.69. The summed E-state index contributed by atoms with van der Waals surface area (Å²) in [6, 6.07) is 16.8. The summed E-state index contributed by atoms with van der Waals surface area (Å²) in [6.45, 7) is 0.248. The summed E-state index contributed by atoms with van der Waals surface area (Å²) in [5.74, 6) is -0.337. The molecule has 3 nitrogen and oxygen atoms in total. The minimum Gasteiger partial charge on any atom is -0.457 e. The van der Waals surface area contributed by atoms with E-state index >= 15 is 0 Å². The van der Waals surface area contributed by atoms with Crippen LogP contribution in [0, 0.1) is 6.07 Å². The van der Waals surface area contributed by atoms with Crippen LogP contribution >= 0.6 is 0 Å². The lowest BCUT2D eigenvalue weighted by Gasteiger charge is -2.05. The number of benzene rings is 2. The molecule has 0 aliphatic rings. The molecule has 3 heteroatoms. The molecule has 2 rings (SSSR count). The zero-order valence-corrected chi connectivity index (χ0v) is 9.22. The first-order chi connectivity index (χ1) is 8.25. The van der Waals surface area contributed by atoms with Gasteiger partial charge in [0.2, 0.25) is 0 Å². The Morgan fingerprint density at radius 3 is 2.41 bits per heavy atom. The molecule has 0 saturated heterocycles. The lowest BCUT2D eigenvalue weighted by atomic mass is 10.2. The van der Waals surface area contributed by atoms with Gasteiger partial charge in [0.05, 0.1) is 5.56 Å². The van der Waals surface area contributed by atoms with E-state index in [-0.39, 0.29) is 12.6 Å². The van der Waals surface area contributed by atoms with E-state index in [4.69, 9.17) is 10.5 Å². The van der Waals surface area contributed by atoms with Crippen LogP contribution < -0.4 is 5.73 Å². The molecule has 0 atom stereocenters. The quantitative estimate of drug-likeness (QED) is 0.646. The van der Waals surface area contributed by atoms with Gasteiger partial charge in [-0.25, -0.2) is 4.79 Å². The number of rotatable bonds is 3. The summed E-state index contributed by atoms with van der Waals surface area (Å²) in [7, 11) is 0. The van der Waals surface area contributed by atoms with Gasteiger partial charge >= 0.3 is 5.97 Å². The number of ether oxygens (including phenoxy) is 1. The lowest BCUT2D eigenvalue weighted by molar-refractivity contribution is 0.0473. The summed E-state index contributed by atoms with van der Waals surface area (Å²) >= 11 is 0. The fourth-order valence-corrected chi connectivity index (χ4v) is 1.37. The molecule has 1 radical (unpaired) electrons. The monoisotopic (exact) mass is 226 g/mol. The maximum absolute atomic E-state index is 11.6. The highest BCUT2D eigenvalue weighted by molar-refractivity contribution is 5.89. The third kappa shape index (κ3) is 3.08. The van der Waals surface area contributed by atoms with Gasteiger partial charge in [-0.05, 0) is 35.9 Å². The van der Waals surface area contributed by atoms with Gasteiger partial charge in [-0.2, -0.15) is 0 Å². The fraction of sp³-hybridized carbons (Fsp3) is 0.0714. The molecule has 0 spiro atoms. The Balaban J connectivity index is 1.95. The maximum atomic E-state index is 11.6. The Hall–Kier alpha value is -2.29. The molecular weight excluding hydrogens is 214 g/mol. The summed E-state index contributed by atoms with van der Waals surface area (Å²) in [6.07, 6.45) is 0. The molecule has 2 aromatic rings. The zero-order chi connectivity index (χ0) is 12.1. The molecule has 0 aliphatic heterocycles. The molecule has 85 valence electrons. The van der Waals surface area contributed by atoms with Crippen LogP contribution in [-0.4, -0.2) is 5.97 Å². The average Bonchev–Trinajstić information content (AvgIpc) is 2.39. The van der Waals surface area contributed by atoms with Crippen molar-refractivity contribution in [3.8, 4) is 0 Å². The van der Waals surface area contributed by atoms with Crippen LogP contribution in [0.15, 0.2) is 48.5 Å². The van der Waals surface area contributed by atoms with E-state index in [2.05, 4.69) is 6.07 Å². The Labute approximate surface area is 99.8 Å². The first-order valence-electron chi connectivity index (χ1n) is 5.23. The van der Waals surface area contributed by atoms with Crippen molar-refractivity contribution in [3.05, 3.63) is 65.7 Å². The number of carbonyl (C=O) groups is 1. The maximum Gasteiger partial charge on any atom is 0.338 e. The molecule has 0 aromatic heterocycles. The zero-order valence-electron chi connectivity index (χ0n) is 9.22. The molecular formula is C14H12NO2. The van der Waals surface area contributed by atoms with Crippen LogP contribution in [0.1, 0.15) is 15.9 Å². The van der Waals surface area contributed by atoms with E-state index in [1.54, 1.807) is 36.4 Å². The summed E-state index contributed by atoms with van der Waals surface area (Å²) in [4.78, 5) is 11.6. The fourth-order valence-electron chi connectivity index (χ4n) is 1.37. The van der Waals surface area contributed by atoms with Crippen molar-refractivity contribution in [3.63, 3.8) is 0 Å². The van der Waals surface area contributed by atoms with Gasteiger partial charge in [0.25, 0.3) is 0 Å². The largest absolute Gasteiger partial charge is 0.457 e. The molecule has 0 amide bonds. The average molecular weight is 226 g/mol. The number of anilines is 1. The highest BCUT2D eigenvalue weighted by Crippen LogP contribution is 2.08. The van der Waals surface area contributed by atoms with Crippen LogP contribution in [0.4, 0.5) is 5.69 Å². The third-order valence-electron chi connectivity index (χ3n) is 2.30. The number of hydrogen-bond acceptors (Lipinski definition) is 3. The lowest BCUT2D eigenvalue weighted by Crippen LogP contribution is -2.04. The standard InChI is InChI=1S/C14H12NO2/c15-13-8-6-11(7-9-13)10-17-14(16)12-4-2-1-3-5-12/h2-9H,10,15H2. The first kappa shape index (κ1) is 11.2. The van der Waals surface area contributed by atoms with Gasteiger partial charge in [-0.3, -0.25) is 0 Å². The van der Waals surface area contributed by atoms with Gasteiger partial charge < -0.3 is 10.5 Å². The van der Waals surface area contributed by atoms with Crippen LogP contribution in [-0.2, 0) is 11.3 Å². The van der Waals surface area contributed by atoms with E-state index in [0.29, 0.717) is 11.3 Å². The Bertz CT molecular complexity index is 491. The van der Waals surface area contributed by atoms with Crippen LogP contribution in [0.3, 0.4) is 0 Å². The highest BCUT2D eigenvalue weighted by Gasteiger charge is 2.05. The Kier molecular flexibility index (Phi) is 3.40. The van der Waals surface area contributed by atoms with Crippen molar-refractivity contribution in [1.29, 1.82) is 0 Å². The second-order valence-corrected chi connectivity index (χ2v) is 3.61. The molecule has 0 heterocycles. The Morgan fingerprint density at radius 2 is 1.76 bits per heavy atom. The predicted octanol–water partition coefficient (Wildman–Crippen LogP) is 2.43. The van der Waals surface area contributed by atoms with Crippen molar-refractivity contribution in [1.82, 2.24) is 0 Å². The molecule has 2 N–H and O–H groups in total. The van der Waals surface area contributed by atoms with Gasteiger partial charge in [0, 0.05) is 5.69 Å². The van der Waals surface area contributed by atoms with Gasteiger partial charge in [-0.15, -0.1) is 0 Å². The molecule has 0 aliphatic carbocycles. The minimum absolute atomic E-state index is 0.248. The first-order valence-corrected chi connectivity index (χ1v) is 5.23. The predicted molar refractivity (Wildman–Crippen MR) is 65.3 cm³/mol. The van der Waals surface area contributed by atoms with Crippen molar-refractivity contribution >= 4 is 11.7 Å². The second kappa shape index (κ2) is 5.16. The number of nitrogens with two attached hydrogens (primary N) is 1. The summed E-state index contributed by atoms with van der Waals surface area (Å²) in [5, 5.41) is 0. The molecule has 0 bridgehead atoms. The van der Waals surface area contributed by atoms with Gasteiger partial charge in [0.15, 0.2) is 0 Å². The topological polar surface area (TPSA) is 52.3 Å². The molecule has 0 fully saturated rings. The molecule has 2 aromatic carbocycles. The minimum atomic E-state index is -0.337. The SMILES string of the molecule is Nc1ccc(COC(=O)c2cc[c]cc2)cc1. The summed E-state index contributed by atoms with van der Waals surface area (Å²) < 4.78 is 5.16. The second-order valence-electron chi connectivity index (χ2n) is 3.61. The van der Waals surface area contributed by atoms with Crippen LogP contribution in [0.25, 0.3) is 0 Å². The molecule has 0 saturated carbocycles. The molecule has 0 unspecified atom stereocenters. The van der Waals surface area contributed by atoms with Crippen LogP contribution in [0.5, 0.6) is 0 Å². The number of esters is 1. The van der Waals surface area contributed by atoms with Gasteiger partial charge in [-0.1, -0.05) is 24.3 Å². The van der Waals surface area contributed by atoms with Gasteiger partial charge in [0.1, 0.15) is 6.61 Å². The smallest absolute Gasteiger partial charge is 0.338 e. The van der Waals surface area contributed by atoms with E-state index in [0.717, 1.165) is 5.56 Å².